The van der Waals surface area contributed by atoms with Gasteiger partial charge in [0.15, 0.2) is 0 Å². The van der Waals surface area contributed by atoms with Gasteiger partial charge < -0.3 is 0 Å². The van der Waals surface area contributed by atoms with Gasteiger partial charge in [-0.05, 0) is 30.0 Å². The molecule has 0 aliphatic heterocycles. The number of hydrogen-bond acceptors (Lipinski definition) is 3. The Bertz CT molecular complexity index is 499. The average molecular weight is 254 g/mol. The highest BCUT2D eigenvalue weighted by Gasteiger charge is 2.08. The molecule has 0 saturated carbocycles. The molecule has 2 heterocycles. The van der Waals surface area contributed by atoms with E-state index in [9.17, 15) is 0 Å². The summed E-state index contributed by atoms with van der Waals surface area (Å²) in [5, 5.41) is 10.8. The minimum Gasteiger partial charge on any atom is -0.192 e. The normalized spacial score (nSPS) is 10.2. The number of halogens is 1. The van der Waals surface area contributed by atoms with Crippen molar-refractivity contribution >= 4 is 34.3 Å². The van der Waals surface area contributed by atoms with Gasteiger partial charge in [-0.15, -0.1) is 22.7 Å². The Balaban J connectivity index is 2.26. The number of aryl methyl sites for hydroxylation is 1. The minimum atomic E-state index is 0.780. The zero-order valence-electron chi connectivity index (χ0n) is 8.08. The van der Waals surface area contributed by atoms with Crippen molar-refractivity contribution < 1.29 is 0 Å². The molecule has 4 heteroatoms. The van der Waals surface area contributed by atoms with Gasteiger partial charge in [-0.3, -0.25) is 0 Å². The molecule has 76 valence electrons. The van der Waals surface area contributed by atoms with Crippen LogP contribution in [-0.4, -0.2) is 0 Å². The molecular formula is C11H8ClNS2. The molecule has 0 fully saturated rings. The summed E-state index contributed by atoms with van der Waals surface area (Å²) in [6, 6.07) is 6.15. The number of rotatable bonds is 2. The molecule has 2 aromatic rings. The number of hydrogen-bond donors (Lipinski definition) is 0. The van der Waals surface area contributed by atoms with Crippen molar-refractivity contribution in [1.29, 1.82) is 5.26 Å². The SMILES string of the molecule is Cc1cc(Cc2sccc2C#N)sc1Cl. The summed E-state index contributed by atoms with van der Waals surface area (Å²) in [5.41, 5.74) is 1.90. The first-order chi connectivity index (χ1) is 7.20. The van der Waals surface area contributed by atoms with E-state index in [1.54, 1.807) is 22.7 Å². The van der Waals surface area contributed by atoms with Gasteiger partial charge in [-0.1, -0.05) is 11.6 Å². The molecule has 0 atom stereocenters. The summed E-state index contributed by atoms with van der Waals surface area (Å²) < 4.78 is 0.847. The molecule has 0 radical (unpaired) electrons. The second-order valence-electron chi connectivity index (χ2n) is 3.22. The lowest BCUT2D eigenvalue weighted by Crippen LogP contribution is -1.82. The van der Waals surface area contributed by atoms with Gasteiger partial charge in [-0.25, -0.2) is 0 Å². The first-order valence-electron chi connectivity index (χ1n) is 4.42. The maximum Gasteiger partial charge on any atom is 0.100 e. The zero-order chi connectivity index (χ0) is 10.8. The molecule has 2 rings (SSSR count). The Morgan fingerprint density at radius 1 is 1.53 bits per heavy atom. The summed E-state index contributed by atoms with van der Waals surface area (Å²) in [5.74, 6) is 0. The van der Waals surface area contributed by atoms with Gasteiger partial charge in [0.2, 0.25) is 0 Å². The predicted octanol–water partition coefficient (Wildman–Crippen LogP) is 4.23. The van der Waals surface area contributed by atoms with E-state index in [4.69, 9.17) is 16.9 Å². The van der Waals surface area contributed by atoms with Crippen molar-refractivity contribution in [1.82, 2.24) is 0 Å². The Morgan fingerprint density at radius 3 is 2.93 bits per heavy atom. The largest absolute Gasteiger partial charge is 0.192 e. The Morgan fingerprint density at radius 2 is 2.33 bits per heavy atom. The molecular weight excluding hydrogens is 246 g/mol. The van der Waals surface area contributed by atoms with Gasteiger partial charge in [-0.2, -0.15) is 5.26 Å². The summed E-state index contributed by atoms with van der Waals surface area (Å²) in [6.45, 7) is 2.00. The summed E-state index contributed by atoms with van der Waals surface area (Å²) in [4.78, 5) is 2.34. The van der Waals surface area contributed by atoms with Crippen LogP contribution in [0.1, 0.15) is 20.9 Å². The van der Waals surface area contributed by atoms with Gasteiger partial charge in [0, 0.05) is 16.2 Å². The van der Waals surface area contributed by atoms with Crippen molar-refractivity contribution in [3.8, 4) is 6.07 Å². The van der Waals surface area contributed by atoms with E-state index in [-0.39, 0.29) is 0 Å². The van der Waals surface area contributed by atoms with Crippen molar-refractivity contribution in [2.24, 2.45) is 0 Å². The molecule has 0 N–H and O–H groups in total. The standard InChI is InChI=1S/C11H8ClNS2/c1-7-4-9(15-11(7)12)5-10-8(6-13)2-3-14-10/h2-4H,5H2,1H3. The van der Waals surface area contributed by atoms with Crippen LogP contribution in [0.3, 0.4) is 0 Å². The fraction of sp³-hybridized carbons (Fsp3) is 0.182. The van der Waals surface area contributed by atoms with Crippen LogP contribution < -0.4 is 0 Å². The maximum atomic E-state index is 8.88. The molecule has 1 nitrogen and oxygen atoms in total. The van der Waals surface area contributed by atoms with Crippen LogP contribution in [0.5, 0.6) is 0 Å². The maximum absolute atomic E-state index is 8.88. The van der Waals surface area contributed by atoms with E-state index in [2.05, 4.69) is 12.1 Å². The van der Waals surface area contributed by atoms with E-state index in [0.29, 0.717) is 0 Å². The molecule has 0 unspecified atom stereocenters. The van der Waals surface area contributed by atoms with Crippen molar-refractivity contribution in [2.45, 2.75) is 13.3 Å². The van der Waals surface area contributed by atoms with Gasteiger partial charge in [0.1, 0.15) is 6.07 Å². The topological polar surface area (TPSA) is 23.8 Å². The van der Waals surface area contributed by atoms with Crippen LogP contribution in [-0.2, 0) is 6.42 Å². The lowest BCUT2D eigenvalue weighted by Gasteiger charge is -1.93. The highest BCUT2D eigenvalue weighted by Crippen LogP contribution is 2.30. The van der Waals surface area contributed by atoms with E-state index in [0.717, 1.165) is 26.8 Å². The minimum absolute atomic E-state index is 0.780. The van der Waals surface area contributed by atoms with Crippen LogP contribution in [0.25, 0.3) is 0 Å². The van der Waals surface area contributed by atoms with Crippen LogP contribution in [0.2, 0.25) is 4.34 Å². The van der Waals surface area contributed by atoms with Gasteiger partial charge in [0.25, 0.3) is 0 Å². The molecule has 0 aliphatic carbocycles. The van der Waals surface area contributed by atoms with E-state index in [1.807, 2.05) is 18.4 Å². The lowest BCUT2D eigenvalue weighted by atomic mass is 10.2. The number of nitrogens with zero attached hydrogens (tertiary/aromatic N) is 1. The fourth-order valence-electron chi connectivity index (χ4n) is 1.35. The summed E-state index contributed by atoms with van der Waals surface area (Å²) in [6.07, 6.45) is 0.818. The zero-order valence-corrected chi connectivity index (χ0v) is 10.5. The third kappa shape index (κ3) is 2.23. The van der Waals surface area contributed by atoms with Crippen LogP contribution in [0.15, 0.2) is 17.5 Å². The van der Waals surface area contributed by atoms with Gasteiger partial charge >= 0.3 is 0 Å². The molecule has 0 amide bonds. The second-order valence-corrected chi connectivity index (χ2v) is 5.95. The molecule has 0 spiro atoms. The second kappa shape index (κ2) is 4.36. The summed E-state index contributed by atoms with van der Waals surface area (Å²) in [7, 11) is 0. The predicted molar refractivity (Wildman–Crippen MR) is 65.9 cm³/mol. The Hall–Kier alpha value is -0.820. The molecule has 2 aromatic heterocycles. The van der Waals surface area contributed by atoms with Crippen molar-refractivity contribution in [3.63, 3.8) is 0 Å². The quantitative estimate of drug-likeness (QED) is 0.786. The highest BCUT2D eigenvalue weighted by molar-refractivity contribution is 7.16. The van der Waals surface area contributed by atoms with Crippen LogP contribution in [0.4, 0.5) is 0 Å². The number of thiophene rings is 2. The van der Waals surface area contributed by atoms with Crippen molar-refractivity contribution in [2.75, 3.05) is 0 Å². The average Bonchev–Trinajstić information content (AvgIpc) is 2.75. The van der Waals surface area contributed by atoms with Crippen LogP contribution >= 0.6 is 34.3 Å². The third-order valence-corrected chi connectivity index (χ3v) is 4.58. The van der Waals surface area contributed by atoms with E-state index < -0.39 is 0 Å². The monoisotopic (exact) mass is 253 g/mol. The highest BCUT2D eigenvalue weighted by atomic mass is 35.5. The summed E-state index contributed by atoms with van der Waals surface area (Å²) >= 11 is 9.22. The smallest absolute Gasteiger partial charge is 0.100 e. The van der Waals surface area contributed by atoms with Gasteiger partial charge in [0.05, 0.1) is 9.90 Å². The molecule has 0 aliphatic rings. The fourth-order valence-corrected chi connectivity index (χ4v) is 3.54. The van der Waals surface area contributed by atoms with E-state index in [1.165, 1.54) is 4.88 Å². The first kappa shape index (κ1) is 10.7. The molecule has 0 saturated heterocycles. The van der Waals surface area contributed by atoms with Crippen molar-refractivity contribution in [3.05, 3.63) is 42.7 Å². The molecule has 0 aromatic carbocycles. The first-order valence-corrected chi connectivity index (χ1v) is 6.49. The Labute approximate surface area is 102 Å². The van der Waals surface area contributed by atoms with Crippen LogP contribution in [0, 0.1) is 18.3 Å². The number of nitriles is 1. The van der Waals surface area contributed by atoms with E-state index >= 15 is 0 Å². The Kier molecular flexibility index (Phi) is 3.11. The third-order valence-electron chi connectivity index (χ3n) is 2.11. The molecule has 15 heavy (non-hydrogen) atoms. The lowest BCUT2D eigenvalue weighted by molar-refractivity contribution is 1.28. The molecule has 0 bridgehead atoms.